The van der Waals surface area contributed by atoms with Crippen LogP contribution >= 0.6 is 11.6 Å². The van der Waals surface area contributed by atoms with E-state index in [4.69, 9.17) is 17.3 Å². The van der Waals surface area contributed by atoms with Gasteiger partial charge in [-0.15, -0.1) is 0 Å². The summed E-state index contributed by atoms with van der Waals surface area (Å²) in [7, 11) is 0. The fourth-order valence-electron chi connectivity index (χ4n) is 3.44. The molecule has 0 radical (unpaired) electrons. The summed E-state index contributed by atoms with van der Waals surface area (Å²) >= 11 is 6.16. The Morgan fingerprint density at radius 2 is 1.81 bits per heavy atom. The monoisotopic (exact) mass is 384 g/mol. The third kappa shape index (κ3) is 4.51. The second kappa shape index (κ2) is 8.13. The zero-order valence-corrected chi connectivity index (χ0v) is 16.3. The molecule has 3 N–H and O–H groups in total. The molecule has 0 saturated heterocycles. The molecule has 0 aliphatic heterocycles. The Bertz CT molecular complexity index is 828. The zero-order valence-electron chi connectivity index (χ0n) is 15.5. The third-order valence-corrected chi connectivity index (χ3v) is 5.83. The number of halogens is 1. The number of carbonyl (C=O) groups is 2. The van der Waals surface area contributed by atoms with Crippen LogP contribution in [0.1, 0.15) is 48.8 Å². The van der Waals surface area contributed by atoms with Crippen LogP contribution in [0.15, 0.2) is 48.5 Å². The second-order valence-electron chi connectivity index (χ2n) is 7.31. The van der Waals surface area contributed by atoms with Crippen molar-refractivity contribution in [2.45, 2.75) is 45.1 Å². The van der Waals surface area contributed by atoms with E-state index >= 15 is 0 Å². The van der Waals surface area contributed by atoms with Gasteiger partial charge >= 0.3 is 0 Å². The normalized spacial score (nSPS) is 15.8. The van der Waals surface area contributed by atoms with Crippen molar-refractivity contribution in [2.24, 2.45) is 11.1 Å². The maximum atomic E-state index is 12.8. The SMILES string of the molecule is CCc1ccc(C(CC2(C(=O)NCc3ccccc3Cl)CC2)C(N)=O)cc1. The van der Waals surface area contributed by atoms with Crippen molar-refractivity contribution in [3.8, 4) is 0 Å². The lowest BCUT2D eigenvalue weighted by molar-refractivity contribution is -0.127. The Hall–Kier alpha value is -2.33. The van der Waals surface area contributed by atoms with Crippen LogP contribution in [0.5, 0.6) is 0 Å². The lowest BCUT2D eigenvalue weighted by Gasteiger charge is -2.21. The van der Waals surface area contributed by atoms with Crippen molar-refractivity contribution >= 4 is 23.4 Å². The molecular formula is C22H25ClN2O2. The van der Waals surface area contributed by atoms with Crippen LogP contribution in [0.2, 0.25) is 5.02 Å². The van der Waals surface area contributed by atoms with Gasteiger partial charge in [0, 0.05) is 11.6 Å². The molecule has 1 saturated carbocycles. The molecule has 2 aromatic rings. The first kappa shape index (κ1) is 19.4. The highest BCUT2D eigenvalue weighted by atomic mass is 35.5. The van der Waals surface area contributed by atoms with Crippen LogP contribution in [-0.4, -0.2) is 11.8 Å². The molecule has 0 bridgehead atoms. The van der Waals surface area contributed by atoms with Crippen LogP contribution in [0.4, 0.5) is 0 Å². The number of amides is 2. The molecule has 4 nitrogen and oxygen atoms in total. The Balaban J connectivity index is 1.68. The van der Waals surface area contributed by atoms with Gasteiger partial charge in [0.1, 0.15) is 0 Å². The van der Waals surface area contributed by atoms with Gasteiger partial charge in [-0.1, -0.05) is 61.0 Å². The first-order valence-electron chi connectivity index (χ1n) is 9.35. The molecule has 142 valence electrons. The van der Waals surface area contributed by atoms with E-state index < -0.39 is 11.3 Å². The van der Waals surface area contributed by atoms with Crippen molar-refractivity contribution < 1.29 is 9.59 Å². The molecule has 0 spiro atoms. The first-order chi connectivity index (χ1) is 12.9. The van der Waals surface area contributed by atoms with Crippen molar-refractivity contribution in [3.63, 3.8) is 0 Å². The number of hydrogen-bond acceptors (Lipinski definition) is 2. The molecule has 3 rings (SSSR count). The summed E-state index contributed by atoms with van der Waals surface area (Å²) in [5.74, 6) is -0.868. The average Bonchev–Trinajstić information content (AvgIpc) is 3.46. The van der Waals surface area contributed by atoms with E-state index in [-0.39, 0.29) is 11.8 Å². The molecule has 0 aromatic heterocycles. The number of aryl methyl sites for hydroxylation is 1. The maximum Gasteiger partial charge on any atom is 0.226 e. The van der Waals surface area contributed by atoms with Gasteiger partial charge in [-0.3, -0.25) is 9.59 Å². The summed E-state index contributed by atoms with van der Waals surface area (Å²) in [5, 5.41) is 3.61. The maximum absolute atomic E-state index is 12.8. The largest absolute Gasteiger partial charge is 0.369 e. The molecule has 1 fully saturated rings. The van der Waals surface area contributed by atoms with Gasteiger partial charge < -0.3 is 11.1 Å². The number of hydrogen-bond donors (Lipinski definition) is 2. The van der Waals surface area contributed by atoms with Crippen LogP contribution in [0.3, 0.4) is 0 Å². The number of carbonyl (C=O) groups excluding carboxylic acids is 2. The minimum atomic E-state index is -0.510. The molecule has 0 heterocycles. The highest BCUT2D eigenvalue weighted by Gasteiger charge is 2.51. The van der Waals surface area contributed by atoms with Gasteiger partial charge in [-0.2, -0.15) is 0 Å². The number of rotatable bonds is 8. The molecule has 1 aliphatic rings. The van der Waals surface area contributed by atoms with E-state index in [1.54, 1.807) is 6.07 Å². The summed E-state index contributed by atoms with van der Waals surface area (Å²) in [6.45, 7) is 2.47. The molecular weight excluding hydrogens is 360 g/mol. The van der Waals surface area contributed by atoms with Crippen molar-refractivity contribution in [3.05, 3.63) is 70.2 Å². The van der Waals surface area contributed by atoms with Gasteiger partial charge in [-0.25, -0.2) is 0 Å². The molecule has 2 amide bonds. The van der Waals surface area contributed by atoms with Crippen LogP contribution in [0, 0.1) is 5.41 Å². The summed E-state index contributed by atoms with van der Waals surface area (Å²) < 4.78 is 0. The fraction of sp³-hybridized carbons (Fsp3) is 0.364. The van der Waals surface area contributed by atoms with Gasteiger partial charge in [0.05, 0.1) is 11.3 Å². The van der Waals surface area contributed by atoms with Gasteiger partial charge in [0.15, 0.2) is 0 Å². The molecule has 1 aliphatic carbocycles. The van der Waals surface area contributed by atoms with E-state index in [0.29, 0.717) is 18.0 Å². The highest BCUT2D eigenvalue weighted by molar-refractivity contribution is 6.31. The first-order valence-corrected chi connectivity index (χ1v) is 9.73. The predicted octanol–water partition coefficient (Wildman–Crippen LogP) is 3.96. The smallest absolute Gasteiger partial charge is 0.226 e. The molecule has 1 atom stereocenters. The number of benzene rings is 2. The quantitative estimate of drug-likeness (QED) is 0.723. The van der Waals surface area contributed by atoms with Crippen molar-refractivity contribution in [1.82, 2.24) is 5.32 Å². The van der Waals surface area contributed by atoms with Gasteiger partial charge in [0.2, 0.25) is 11.8 Å². The highest BCUT2D eigenvalue weighted by Crippen LogP contribution is 2.52. The standard InChI is InChI=1S/C22H25ClN2O2/c1-2-15-7-9-16(10-8-15)18(20(24)26)13-22(11-12-22)21(27)25-14-17-5-3-4-6-19(17)23/h3-10,18H,2,11-14H2,1H3,(H2,24,26)(H,25,27). The lowest BCUT2D eigenvalue weighted by Crippen LogP contribution is -2.35. The lowest BCUT2D eigenvalue weighted by atomic mass is 9.85. The van der Waals surface area contributed by atoms with E-state index in [1.807, 2.05) is 42.5 Å². The summed E-state index contributed by atoms with van der Waals surface area (Å²) in [5.41, 5.74) is 8.13. The van der Waals surface area contributed by atoms with Crippen LogP contribution < -0.4 is 11.1 Å². The summed E-state index contributed by atoms with van der Waals surface area (Å²) in [6.07, 6.45) is 2.94. The zero-order chi connectivity index (χ0) is 19.4. The van der Waals surface area contributed by atoms with E-state index in [0.717, 1.165) is 30.4 Å². The minimum absolute atomic E-state index is 0.0288. The molecule has 5 heteroatoms. The van der Waals surface area contributed by atoms with E-state index in [9.17, 15) is 9.59 Å². The summed E-state index contributed by atoms with van der Waals surface area (Å²) in [6, 6.07) is 15.4. The second-order valence-corrected chi connectivity index (χ2v) is 7.72. The number of primary amides is 1. The topological polar surface area (TPSA) is 72.2 Å². The van der Waals surface area contributed by atoms with Crippen molar-refractivity contribution in [2.75, 3.05) is 0 Å². The third-order valence-electron chi connectivity index (χ3n) is 5.46. The average molecular weight is 385 g/mol. The number of nitrogens with two attached hydrogens (primary N) is 1. The Morgan fingerprint density at radius 1 is 1.15 bits per heavy atom. The van der Waals surface area contributed by atoms with Gasteiger partial charge in [0.25, 0.3) is 0 Å². The fourth-order valence-corrected chi connectivity index (χ4v) is 3.64. The molecule has 1 unspecified atom stereocenters. The Kier molecular flexibility index (Phi) is 5.85. The molecule has 27 heavy (non-hydrogen) atoms. The Morgan fingerprint density at radius 3 is 2.37 bits per heavy atom. The van der Waals surface area contributed by atoms with Crippen LogP contribution in [-0.2, 0) is 22.6 Å². The van der Waals surface area contributed by atoms with Crippen molar-refractivity contribution in [1.29, 1.82) is 0 Å². The molecule has 2 aromatic carbocycles. The summed E-state index contributed by atoms with van der Waals surface area (Å²) in [4.78, 5) is 24.9. The number of nitrogens with one attached hydrogen (secondary N) is 1. The predicted molar refractivity (Wildman–Crippen MR) is 107 cm³/mol. The van der Waals surface area contributed by atoms with Crippen LogP contribution in [0.25, 0.3) is 0 Å². The Labute approximate surface area is 165 Å². The van der Waals surface area contributed by atoms with E-state index in [1.165, 1.54) is 5.56 Å². The minimum Gasteiger partial charge on any atom is -0.369 e. The van der Waals surface area contributed by atoms with E-state index in [2.05, 4.69) is 12.2 Å². The van der Waals surface area contributed by atoms with Gasteiger partial charge in [-0.05, 0) is 48.4 Å².